The topological polar surface area (TPSA) is 115 Å². The van der Waals surface area contributed by atoms with Crippen LogP contribution in [0.4, 0.5) is 0 Å². The Bertz CT molecular complexity index is 218. The van der Waals surface area contributed by atoms with Crippen molar-refractivity contribution in [2.45, 2.75) is 18.3 Å². The van der Waals surface area contributed by atoms with Gasteiger partial charge in [0.25, 0.3) is 0 Å². The minimum atomic E-state index is -2.01. The van der Waals surface area contributed by atoms with Crippen LogP contribution in [0.5, 0.6) is 0 Å². The van der Waals surface area contributed by atoms with Crippen molar-refractivity contribution in [1.82, 2.24) is 0 Å². The maximum Gasteiger partial charge on any atom is 0.230 e. The molecule has 14 heavy (non-hydrogen) atoms. The number of aliphatic hydroxyl groups excluding tert-OH is 4. The predicted molar refractivity (Wildman–Crippen MR) is 48.9 cm³/mol. The quantitative estimate of drug-likeness (QED) is 0.316. The standard InChI is InChI=1S/C7H11BrO6/c8-1-3(10)5(12)7(14)6(13)4(11)2-9/h4,6-7,9,11,13-14H,1-2H2. The van der Waals surface area contributed by atoms with Crippen LogP contribution in [-0.2, 0) is 9.59 Å². The van der Waals surface area contributed by atoms with Crippen LogP contribution in [0.15, 0.2) is 0 Å². The maximum absolute atomic E-state index is 11.0. The lowest BCUT2D eigenvalue weighted by Crippen LogP contribution is -2.46. The van der Waals surface area contributed by atoms with Gasteiger partial charge < -0.3 is 20.4 Å². The van der Waals surface area contributed by atoms with Crippen molar-refractivity contribution in [3.63, 3.8) is 0 Å². The van der Waals surface area contributed by atoms with Crippen LogP contribution < -0.4 is 0 Å². The second kappa shape index (κ2) is 6.20. The Hall–Kier alpha value is -0.340. The third-order valence-electron chi connectivity index (χ3n) is 1.57. The molecule has 0 radical (unpaired) electrons. The van der Waals surface area contributed by atoms with Gasteiger partial charge in [0.15, 0.2) is 0 Å². The number of Topliss-reactive ketones (excluding diaryl/α,β-unsaturated/α-hetero) is 2. The lowest BCUT2D eigenvalue weighted by Gasteiger charge is -2.19. The summed E-state index contributed by atoms with van der Waals surface area (Å²) in [5, 5.41) is 35.1. The zero-order valence-electron chi connectivity index (χ0n) is 7.13. The van der Waals surface area contributed by atoms with Gasteiger partial charge in [-0.15, -0.1) is 0 Å². The van der Waals surface area contributed by atoms with Gasteiger partial charge in [-0.25, -0.2) is 0 Å². The minimum Gasteiger partial charge on any atom is -0.394 e. The van der Waals surface area contributed by atoms with Crippen LogP contribution in [0.25, 0.3) is 0 Å². The Balaban J connectivity index is 4.38. The van der Waals surface area contributed by atoms with E-state index in [2.05, 4.69) is 15.9 Å². The smallest absolute Gasteiger partial charge is 0.230 e. The van der Waals surface area contributed by atoms with Crippen LogP contribution in [0.1, 0.15) is 0 Å². The van der Waals surface area contributed by atoms with Crippen molar-refractivity contribution in [1.29, 1.82) is 0 Å². The van der Waals surface area contributed by atoms with Crippen molar-refractivity contribution < 1.29 is 30.0 Å². The zero-order valence-corrected chi connectivity index (χ0v) is 8.72. The highest BCUT2D eigenvalue weighted by Crippen LogP contribution is 2.02. The fraction of sp³-hybridized carbons (Fsp3) is 0.714. The molecule has 6 nitrogen and oxygen atoms in total. The summed E-state index contributed by atoms with van der Waals surface area (Å²) in [5.41, 5.74) is 0. The summed E-state index contributed by atoms with van der Waals surface area (Å²) in [7, 11) is 0. The largest absolute Gasteiger partial charge is 0.394 e. The number of halogens is 1. The number of aliphatic hydroxyl groups is 4. The average molecular weight is 271 g/mol. The summed E-state index contributed by atoms with van der Waals surface area (Å²) in [6.07, 6.45) is -5.53. The Labute approximate surface area is 88.3 Å². The van der Waals surface area contributed by atoms with E-state index >= 15 is 0 Å². The molecule has 0 rings (SSSR count). The van der Waals surface area contributed by atoms with Crippen LogP contribution in [0, 0.1) is 0 Å². The van der Waals surface area contributed by atoms with E-state index in [0.29, 0.717) is 0 Å². The SMILES string of the molecule is O=C(CBr)C(=O)C(O)C(O)C(O)CO. The molecule has 0 aliphatic carbocycles. The fourth-order valence-corrected chi connectivity index (χ4v) is 0.981. The first-order chi connectivity index (χ1) is 6.45. The maximum atomic E-state index is 11.0. The third-order valence-corrected chi connectivity index (χ3v) is 2.08. The Morgan fingerprint density at radius 2 is 1.71 bits per heavy atom. The molecule has 0 aliphatic rings. The van der Waals surface area contributed by atoms with Crippen LogP contribution >= 0.6 is 15.9 Å². The molecule has 0 saturated carbocycles. The fourth-order valence-electron chi connectivity index (χ4n) is 0.704. The van der Waals surface area contributed by atoms with E-state index < -0.39 is 36.5 Å². The van der Waals surface area contributed by atoms with E-state index in [4.69, 9.17) is 20.4 Å². The van der Waals surface area contributed by atoms with Gasteiger partial charge in [-0.1, -0.05) is 15.9 Å². The molecule has 0 heterocycles. The first kappa shape index (κ1) is 13.7. The molecular formula is C7H11BrO6. The molecule has 0 aromatic rings. The molecule has 4 N–H and O–H groups in total. The number of rotatable bonds is 6. The molecule has 0 bridgehead atoms. The summed E-state index contributed by atoms with van der Waals surface area (Å²) < 4.78 is 0. The summed E-state index contributed by atoms with van der Waals surface area (Å²) >= 11 is 2.71. The van der Waals surface area contributed by atoms with Gasteiger partial charge >= 0.3 is 0 Å². The van der Waals surface area contributed by atoms with Crippen LogP contribution in [-0.4, -0.2) is 62.2 Å². The lowest BCUT2D eigenvalue weighted by molar-refractivity contribution is -0.148. The number of carbonyl (C=O) groups excluding carboxylic acids is 2. The highest BCUT2D eigenvalue weighted by Gasteiger charge is 2.32. The predicted octanol–water partition coefficient (Wildman–Crippen LogP) is -2.41. The summed E-state index contributed by atoms with van der Waals surface area (Å²) in [6.45, 7) is -0.811. The Kier molecular flexibility index (Phi) is 6.05. The molecule has 3 unspecified atom stereocenters. The second-order valence-electron chi connectivity index (χ2n) is 2.61. The molecule has 0 aromatic carbocycles. The lowest BCUT2D eigenvalue weighted by atomic mass is 10.0. The third kappa shape index (κ3) is 3.43. The van der Waals surface area contributed by atoms with Crippen molar-refractivity contribution in [3.8, 4) is 0 Å². The summed E-state index contributed by atoms with van der Waals surface area (Å²) in [6, 6.07) is 0. The second-order valence-corrected chi connectivity index (χ2v) is 3.17. The van der Waals surface area contributed by atoms with Gasteiger partial charge in [0.05, 0.1) is 11.9 Å². The molecular weight excluding hydrogens is 260 g/mol. The highest BCUT2D eigenvalue weighted by atomic mass is 79.9. The molecule has 0 fully saturated rings. The van der Waals surface area contributed by atoms with E-state index in [1.165, 1.54) is 0 Å². The van der Waals surface area contributed by atoms with E-state index in [0.717, 1.165) is 0 Å². The average Bonchev–Trinajstić information content (AvgIpc) is 2.23. The first-order valence-corrected chi connectivity index (χ1v) is 4.85. The normalized spacial score (nSPS) is 17.2. The number of hydrogen-bond donors (Lipinski definition) is 4. The first-order valence-electron chi connectivity index (χ1n) is 3.73. The molecule has 0 aliphatic heterocycles. The van der Waals surface area contributed by atoms with E-state index in [-0.39, 0.29) is 5.33 Å². The van der Waals surface area contributed by atoms with Gasteiger partial charge in [-0.05, 0) is 0 Å². The van der Waals surface area contributed by atoms with Crippen molar-refractivity contribution in [3.05, 3.63) is 0 Å². The zero-order chi connectivity index (χ0) is 11.3. The van der Waals surface area contributed by atoms with E-state index in [9.17, 15) is 9.59 Å². The molecule has 7 heteroatoms. The molecule has 0 saturated heterocycles. The molecule has 0 aromatic heterocycles. The highest BCUT2D eigenvalue weighted by molar-refractivity contribution is 9.09. The summed E-state index contributed by atoms with van der Waals surface area (Å²) in [4.78, 5) is 21.7. The van der Waals surface area contributed by atoms with Gasteiger partial charge in [0.2, 0.25) is 11.6 Å². The van der Waals surface area contributed by atoms with Crippen LogP contribution in [0.2, 0.25) is 0 Å². The molecule has 3 atom stereocenters. The number of hydrogen-bond acceptors (Lipinski definition) is 6. The monoisotopic (exact) mass is 270 g/mol. The Morgan fingerprint density at radius 1 is 1.21 bits per heavy atom. The molecule has 0 amide bonds. The Morgan fingerprint density at radius 3 is 2.07 bits per heavy atom. The van der Waals surface area contributed by atoms with Gasteiger partial charge in [-0.3, -0.25) is 9.59 Å². The summed E-state index contributed by atoms with van der Waals surface area (Å²) in [5.74, 6) is -2.12. The van der Waals surface area contributed by atoms with Gasteiger partial charge in [0, 0.05) is 0 Å². The van der Waals surface area contributed by atoms with Crippen LogP contribution in [0.3, 0.4) is 0 Å². The van der Waals surface area contributed by atoms with Crippen molar-refractivity contribution in [2.75, 3.05) is 11.9 Å². The van der Waals surface area contributed by atoms with Gasteiger partial charge in [-0.2, -0.15) is 0 Å². The van der Waals surface area contributed by atoms with E-state index in [1.54, 1.807) is 0 Å². The molecule has 82 valence electrons. The van der Waals surface area contributed by atoms with Gasteiger partial charge in [0.1, 0.15) is 18.3 Å². The molecule has 0 spiro atoms. The number of alkyl halides is 1. The van der Waals surface area contributed by atoms with Crippen molar-refractivity contribution >= 4 is 27.5 Å². The van der Waals surface area contributed by atoms with Crippen molar-refractivity contribution in [2.24, 2.45) is 0 Å². The number of carbonyl (C=O) groups is 2. The number of ketones is 2. The van der Waals surface area contributed by atoms with E-state index in [1.807, 2.05) is 0 Å². The minimum absolute atomic E-state index is 0.273.